The second-order valence-corrected chi connectivity index (χ2v) is 5.36. The summed E-state index contributed by atoms with van der Waals surface area (Å²) in [5.41, 5.74) is 2.17. The molecule has 3 rings (SSSR count). The molecular formula is C12H6Cl2N2OS. The molecule has 0 aliphatic rings. The summed E-state index contributed by atoms with van der Waals surface area (Å²) in [7, 11) is 0. The van der Waals surface area contributed by atoms with E-state index in [1.165, 1.54) is 11.3 Å². The van der Waals surface area contributed by atoms with Crippen LogP contribution in [0.5, 0.6) is 0 Å². The minimum atomic E-state index is 0.410. The van der Waals surface area contributed by atoms with Gasteiger partial charge in [-0.1, -0.05) is 23.2 Å². The lowest BCUT2D eigenvalue weighted by Crippen LogP contribution is -1.85. The third kappa shape index (κ3) is 1.82. The number of imidazole rings is 1. The molecule has 90 valence electrons. The maximum absolute atomic E-state index is 10.7. The number of nitrogens with zero attached hydrogens (tertiary/aromatic N) is 2. The molecule has 0 radical (unpaired) electrons. The van der Waals surface area contributed by atoms with Crippen LogP contribution in [0.25, 0.3) is 16.2 Å². The average molecular weight is 297 g/mol. The van der Waals surface area contributed by atoms with Gasteiger partial charge in [-0.3, -0.25) is 9.20 Å². The second kappa shape index (κ2) is 4.39. The van der Waals surface area contributed by atoms with Gasteiger partial charge in [0.2, 0.25) is 0 Å². The Morgan fingerprint density at radius 1 is 1.33 bits per heavy atom. The zero-order valence-electron chi connectivity index (χ0n) is 8.93. The predicted molar refractivity (Wildman–Crippen MR) is 73.9 cm³/mol. The highest BCUT2D eigenvalue weighted by atomic mass is 35.5. The first-order chi connectivity index (χ1) is 8.69. The summed E-state index contributed by atoms with van der Waals surface area (Å²) < 4.78 is 1.85. The van der Waals surface area contributed by atoms with Gasteiger partial charge in [0.1, 0.15) is 5.69 Å². The highest BCUT2D eigenvalue weighted by Crippen LogP contribution is 2.33. The van der Waals surface area contributed by atoms with Crippen molar-refractivity contribution in [2.75, 3.05) is 0 Å². The molecule has 6 heteroatoms. The van der Waals surface area contributed by atoms with Crippen LogP contribution in [0.2, 0.25) is 10.0 Å². The van der Waals surface area contributed by atoms with Crippen LogP contribution in [0.3, 0.4) is 0 Å². The van der Waals surface area contributed by atoms with E-state index in [2.05, 4.69) is 4.98 Å². The standard InChI is InChI=1S/C12H6Cl2N2OS/c13-7-1-2-9(10(14)3-7)11-6-18-12-15-8(5-17)4-16(11)12/h1-6H. The van der Waals surface area contributed by atoms with E-state index in [4.69, 9.17) is 23.2 Å². The van der Waals surface area contributed by atoms with Crippen molar-refractivity contribution in [3.8, 4) is 11.3 Å². The molecule has 0 N–H and O–H groups in total. The highest BCUT2D eigenvalue weighted by Gasteiger charge is 2.12. The Bertz CT molecular complexity index is 748. The summed E-state index contributed by atoms with van der Waals surface area (Å²) in [6.07, 6.45) is 2.42. The first-order valence-electron chi connectivity index (χ1n) is 5.06. The molecule has 2 aromatic heterocycles. The van der Waals surface area contributed by atoms with Crippen molar-refractivity contribution in [2.45, 2.75) is 0 Å². The topological polar surface area (TPSA) is 34.4 Å². The number of halogens is 2. The molecule has 2 heterocycles. The second-order valence-electron chi connectivity index (χ2n) is 3.68. The monoisotopic (exact) mass is 296 g/mol. The fraction of sp³-hybridized carbons (Fsp3) is 0. The van der Waals surface area contributed by atoms with Gasteiger partial charge in [0.15, 0.2) is 11.2 Å². The fourth-order valence-corrected chi connectivity index (χ4v) is 3.13. The first kappa shape index (κ1) is 11.7. The maximum Gasteiger partial charge on any atom is 0.194 e. The van der Waals surface area contributed by atoms with Crippen molar-refractivity contribution in [2.24, 2.45) is 0 Å². The zero-order chi connectivity index (χ0) is 12.7. The van der Waals surface area contributed by atoms with E-state index in [0.717, 1.165) is 22.5 Å². The van der Waals surface area contributed by atoms with Crippen LogP contribution in [0, 0.1) is 0 Å². The summed E-state index contributed by atoms with van der Waals surface area (Å²) in [5.74, 6) is 0. The van der Waals surface area contributed by atoms with Crippen molar-refractivity contribution in [3.63, 3.8) is 0 Å². The third-order valence-electron chi connectivity index (χ3n) is 2.56. The van der Waals surface area contributed by atoms with Crippen LogP contribution in [0.1, 0.15) is 10.5 Å². The molecule has 3 aromatic rings. The van der Waals surface area contributed by atoms with E-state index in [-0.39, 0.29) is 0 Å². The minimum absolute atomic E-state index is 0.410. The molecule has 0 saturated heterocycles. The van der Waals surface area contributed by atoms with Gasteiger partial charge in [0.25, 0.3) is 0 Å². The largest absolute Gasteiger partial charge is 0.296 e. The predicted octanol–water partition coefficient (Wildman–Crippen LogP) is 4.18. The summed E-state index contributed by atoms with van der Waals surface area (Å²) in [6.45, 7) is 0. The van der Waals surface area contributed by atoms with Gasteiger partial charge >= 0.3 is 0 Å². The van der Waals surface area contributed by atoms with Crippen LogP contribution < -0.4 is 0 Å². The van der Waals surface area contributed by atoms with Gasteiger partial charge < -0.3 is 0 Å². The Morgan fingerprint density at radius 3 is 2.89 bits per heavy atom. The number of aldehydes is 1. The summed E-state index contributed by atoms with van der Waals surface area (Å²) >= 11 is 13.5. The molecule has 0 bridgehead atoms. The lowest BCUT2D eigenvalue weighted by Gasteiger charge is -2.03. The number of rotatable bonds is 2. The van der Waals surface area contributed by atoms with E-state index >= 15 is 0 Å². The molecule has 0 aliphatic heterocycles. The average Bonchev–Trinajstić information content (AvgIpc) is 2.89. The Labute approximate surface area is 117 Å². The van der Waals surface area contributed by atoms with E-state index in [0.29, 0.717) is 15.7 Å². The number of aromatic nitrogens is 2. The summed E-state index contributed by atoms with van der Waals surface area (Å²) in [5, 5.41) is 3.12. The number of hydrogen-bond acceptors (Lipinski definition) is 3. The zero-order valence-corrected chi connectivity index (χ0v) is 11.3. The van der Waals surface area contributed by atoms with Crippen molar-refractivity contribution < 1.29 is 4.79 Å². The number of carbonyl (C=O) groups is 1. The van der Waals surface area contributed by atoms with Crippen LogP contribution in [-0.4, -0.2) is 15.7 Å². The smallest absolute Gasteiger partial charge is 0.194 e. The number of thiazole rings is 1. The molecule has 1 aromatic carbocycles. The molecule has 0 unspecified atom stereocenters. The fourth-order valence-electron chi connectivity index (χ4n) is 1.75. The number of fused-ring (bicyclic) bond motifs is 1. The van der Waals surface area contributed by atoms with Gasteiger partial charge in [0, 0.05) is 22.2 Å². The van der Waals surface area contributed by atoms with Gasteiger partial charge in [-0.2, -0.15) is 0 Å². The number of benzene rings is 1. The van der Waals surface area contributed by atoms with Crippen molar-refractivity contribution in [1.29, 1.82) is 0 Å². The van der Waals surface area contributed by atoms with Crippen LogP contribution in [0.4, 0.5) is 0 Å². The van der Waals surface area contributed by atoms with Crippen LogP contribution in [-0.2, 0) is 0 Å². The minimum Gasteiger partial charge on any atom is -0.296 e. The normalized spacial score (nSPS) is 11.0. The van der Waals surface area contributed by atoms with E-state index in [1.807, 2.05) is 15.8 Å². The quantitative estimate of drug-likeness (QED) is 0.665. The summed E-state index contributed by atoms with van der Waals surface area (Å²) in [6, 6.07) is 5.33. The Balaban J connectivity index is 2.24. The maximum atomic E-state index is 10.7. The number of hydrogen-bond donors (Lipinski definition) is 0. The Morgan fingerprint density at radius 2 is 2.17 bits per heavy atom. The van der Waals surface area contributed by atoms with Crippen LogP contribution in [0.15, 0.2) is 29.8 Å². The Hall–Kier alpha value is -1.36. The van der Waals surface area contributed by atoms with E-state index in [1.54, 1.807) is 18.3 Å². The van der Waals surface area contributed by atoms with E-state index in [9.17, 15) is 4.79 Å². The molecule has 0 aliphatic carbocycles. The third-order valence-corrected chi connectivity index (χ3v) is 3.94. The lowest BCUT2D eigenvalue weighted by atomic mass is 10.2. The molecule has 0 fully saturated rings. The van der Waals surface area contributed by atoms with E-state index < -0.39 is 0 Å². The number of carbonyl (C=O) groups excluding carboxylic acids is 1. The molecular weight excluding hydrogens is 291 g/mol. The van der Waals surface area contributed by atoms with Crippen LogP contribution >= 0.6 is 34.5 Å². The molecule has 0 amide bonds. The first-order valence-corrected chi connectivity index (χ1v) is 6.70. The van der Waals surface area contributed by atoms with Crippen molar-refractivity contribution in [1.82, 2.24) is 9.38 Å². The molecule has 0 spiro atoms. The molecule has 0 atom stereocenters. The Kier molecular flexibility index (Phi) is 2.86. The SMILES string of the molecule is O=Cc1cn2c(-c3ccc(Cl)cc3Cl)csc2n1. The lowest BCUT2D eigenvalue weighted by molar-refractivity contribution is 0.111. The summed E-state index contributed by atoms with van der Waals surface area (Å²) in [4.78, 5) is 15.6. The van der Waals surface area contributed by atoms with Gasteiger partial charge in [-0.15, -0.1) is 11.3 Å². The van der Waals surface area contributed by atoms with Crippen molar-refractivity contribution in [3.05, 3.63) is 45.5 Å². The van der Waals surface area contributed by atoms with Gasteiger partial charge in [-0.25, -0.2) is 4.98 Å². The molecule has 3 nitrogen and oxygen atoms in total. The molecule has 0 saturated carbocycles. The van der Waals surface area contributed by atoms with Gasteiger partial charge in [0.05, 0.1) is 10.7 Å². The highest BCUT2D eigenvalue weighted by molar-refractivity contribution is 7.15. The van der Waals surface area contributed by atoms with Crippen molar-refractivity contribution >= 4 is 45.8 Å². The van der Waals surface area contributed by atoms with Gasteiger partial charge in [-0.05, 0) is 18.2 Å². The molecule has 18 heavy (non-hydrogen) atoms.